The highest BCUT2D eigenvalue weighted by Gasteiger charge is 2.65. The number of aliphatic hydroxyl groups excluding tert-OH is 5. The Balaban J connectivity index is 1.15. The van der Waals surface area contributed by atoms with E-state index >= 15 is 0 Å². The average Bonchev–Trinajstić information content (AvgIpc) is 3.54. The van der Waals surface area contributed by atoms with Crippen LogP contribution in [0.25, 0.3) is 0 Å². The fourth-order valence-corrected chi connectivity index (χ4v) is 12.2. The number of methoxy groups -OCH3 is 1. The lowest BCUT2D eigenvalue weighted by molar-refractivity contribution is -0.699. The second kappa shape index (κ2) is 17.8. The Bertz CT molecular complexity index is 1630. The first-order chi connectivity index (χ1) is 28.2. The minimum atomic E-state index is -2.30. The number of aliphatic hydroxyl groups is 6. The summed E-state index contributed by atoms with van der Waals surface area (Å²) in [6, 6.07) is -0.249. The zero-order valence-electron chi connectivity index (χ0n) is 33.8. The summed E-state index contributed by atoms with van der Waals surface area (Å²) in [7, 11) is 3.09. The number of ether oxygens (including phenoxy) is 3. The van der Waals surface area contributed by atoms with E-state index in [9.17, 15) is 49.8 Å². The van der Waals surface area contributed by atoms with E-state index in [-0.39, 0.29) is 55.1 Å². The van der Waals surface area contributed by atoms with E-state index < -0.39 is 115 Å². The topological polar surface area (TPSA) is 315 Å². The maximum Gasteiger partial charge on any atom is 0.341 e. The fourth-order valence-electron chi connectivity index (χ4n) is 12.2. The van der Waals surface area contributed by atoms with Gasteiger partial charge in [0.25, 0.3) is 11.8 Å². The summed E-state index contributed by atoms with van der Waals surface area (Å²) in [4.78, 5) is 58.7. The van der Waals surface area contributed by atoms with Crippen molar-refractivity contribution in [3.63, 3.8) is 0 Å². The van der Waals surface area contributed by atoms with Crippen LogP contribution < -0.4 is 27.1 Å². The van der Waals surface area contributed by atoms with Crippen molar-refractivity contribution in [2.75, 3.05) is 40.5 Å². The van der Waals surface area contributed by atoms with Gasteiger partial charge in [-0.1, -0.05) is 0 Å². The second-order valence-electron chi connectivity index (χ2n) is 18.1. The molecule has 19 atom stereocenters. The van der Waals surface area contributed by atoms with E-state index in [1.54, 1.807) is 7.05 Å². The molecule has 330 valence electrons. The zero-order valence-corrected chi connectivity index (χ0v) is 33.8. The minimum absolute atomic E-state index is 0.0248. The van der Waals surface area contributed by atoms with E-state index in [4.69, 9.17) is 25.7 Å². The van der Waals surface area contributed by atoms with Crippen molar-refractivity contribution in [3.05, 3.63) is 12.2 Å². The Labute approximate surface area is 342 Å². The molecular formula is C40H64N6O13+2. The second-order valence-corrected chi connectivity index (χ2v) is 18.1. The van der Waals surface area contributed by atoms with E-state index in [0.717, 1.165) is 29.9 Å². The number of rotatable bonds is 11. The molecule has 0 aromatic heterocycles. The molecule has 0 aromatic carbocycles. The summed E-state index contributed by atoms with van der Waals surface area (Å²) in [5.74, 6) is -7.53. The van der Waals surface area contributed by atoms with Crippen LogP contribution in [0.3, 0.4) is 0 Å². The van der Waals surface area contributed by atoms with Crippen molar-refractivity contribution < 1.29 is 74.3 Å². The molecule has 7 rings (SSSR count). The summed E-state index contributed by atoms with van der Waals surface area (Å²) in [6.07, 6.45) is -4.80. The third-order valence-electron chi connectivity index (χ3n) is 15.1. The molecular weight excluding hydrogens is 772 g/mol. The molecule has 0 spiro atoms. The van der Waals surface area contributed by atoms with E-state index in [1.807, 2.05) is 5.32 Å². The number of imide groups is 1. The van der Waals surface area contributed by atoms with Gasteiger partial charge in [0.05, 0.1) is 56.4 Å². The van der Waals surface area contributed by atoms with Gasteiger partial charge in [-0.05, 0) is 56.3 Å². The molecule has 2 saturated heterocycles. The summed E-state index contributed by atoms with van der Waals surface area (Å²) < 4.78 is 18.3. The number of nitrogens with one attached hydrogen (secondary N) is 2. The highest BCUT2D eigenvalue weighted by atomic mass is 16.7. The van der Waals surface area contributed by atoms with Gasteiger partial charge in [-0.15, -0.1) is 0 Å². The number of carbonyl (C=O) groups is 4. The summed E-state index contributed by atoms with van der Waals surface area (Å²) in [6.45, 7) is -0.754. The molecule has 4 saturated carbocycles. The molecule has 0 radical (unpaired) electrons. The molecule has 7 aliphatic rings. The first-order valence-electron chi connectivity index (χ1n) is 21.3. The van der Waals surface area contributed by atoms with Crippen LogP contribution in [0.2, 0.25) is 0 Å². The number of nitrogens with zero attached hydrogens (tertiary/aromatic N) is 1. The predicted octanol–water partition coefficient (Wildman–Crippen LogP) is -6.46. The largest absolute Gasteiger partial charge is 0.396 e. The lowest BCUT2D eigenvalue weighted by Gasteiger charge is -2.56. The Morgan fingerprint density at radius 3 is 2.37 bits per heavy atom. The third kappa shape index (κ3) is 8.01. The summed E-state index contributed by atoms with van der Waals surface area (Å²) in [5, 5.41) is 74.3. The van der Waals surface area contributed by atoms with Crippen molar-refractivity contribution in [2.24, 2.45) is 64.7 Å². The number of fused-ring (bicyclic) bond motifs is 3. The van der Waals surface area contributed by atoms with Gasteiger partial charge in [-0.3, -0.25) is 45.9 Å². The monoisotopic (exact) mass is 836 g/mol. The van der Waals surface area contributed by atoms with Crippen LogP contribution in [0.4, 0.5) is 0 Å². The molecule has 14 N–H and O–H groups in total. The lowest BCUT2D eigenvalue weighted by atomic mass is 9.50. The molecule has 6 fully saturated rings. The molecule has 19 heteroatoms. The van der Waals surface area contributed by atoms with Crippen molar-refractivity contribution in [3.8, 4) is 0 Å². The van der Waals surface area contributed by atoms with Crippen LogP contribution in [-0.2, 0) is 33.4 Å². The third-order valence-corrected chi connectivity index (χ3v) is 15.1. The van der Waals surface area contributed by atoms with E-state index in [1.165, 1.54) is 7.11 Å². The number of piperidine rings is 1. The van der Waals surface area contributed by atoms with Gasteiger partial charge in [0, 0.05) is 68.9 Å². The van der Waals surface area contributed by atoms with Crippen LogP contribution in [0, 0.1) is 53.3 Å². The quantitative estimate of drug-likeness (QED) is 0.0524. The Hall–Kier alpha value is -2.95. The molecule has 0 aromatic rings. The zero-order chi connectivity index (χ0) is 42.5. The number of guanidine groups is 1. The minimum Gasteiger partial charge on any atom is -0.396 e. The van der Waals surface area contributed by atoms with Crippen LogP contribution >= 0.6 is 0 Å². The van der Waals surface area contributed by atoms with Gasteiger partial charge in [0.15, 0.2) is 6.29 Å². The molecule has 19 nitrogen and oxygen atoms in total. The average molecular weight is 837 g/mol. The highest BCUT2D eigenvalue weighted by molar-refractivity contribution is 6.12. The standard InChI is InChI=1S/C40H62N6O13/c1-43-39(42)45-22-5-3-4-18-10-20-31(34(52)29(18)22)35(53)32-24(12-23(57-2)21(15-47)30(32)33(20)51)58-38-36(54)37(55)40(56,25(16-48)59-38)13-19(17-8-9-44-26(41)11-17)14-46-27(49)6-7-28(46)50/h6-7,17-26,29-32,34,36-38,44,47-48,52,54-56H,3-5,8-16,41H2,1-2H3,(H3,42,43,45)/p+2/t17?,18?,19-,20?,21?,22+,23?,24?,25-,26?,29?,30?,31?,32?,34?,36-,37-,38+,40-/m1/s1. The number of nitrogens with two attached hydrogens (primary N) is 3. The maximum absolute atomic E-state index is 14.9. The molecule has 3 heterocycles. The van der Waals surface area contributed by atoms with Crippen LogP contribution in [0.15, 0.2) is 12.2 Å². The van der Waals surface area contributed by atoms with Gasteiger partial charge in [0.2, 0.25) is 0 Å². The molecule has 0 bridgehead atoms. The van der Waals surface area contributed by atoms with Crippen molar-refractivity contribution in [1.82, 2.24) is 10.2 Å². The Kier molecular flexibility index (Phi) is 13.3. The smallest absolute Gasteiger partial charge is 0.341 e. The van der Waals surface area contributed by atoms with Crippen molar-refractivity contribution in [2.45, 2.75) is 112 Å². The summed E-state index contributed by atoms with van der Waals surface area (Å²) in [5.41, 5.74) is 10.0. The lowest BCUT2D eigenvalue weighted by Crippen LogP contribution is -2.94. The van der Waals surface area contributed by atoms with Crippen molar-refractivity contribution >= 4 is 29.3 Å². The van der Waals surface area contributed by atoms with Gasteiger partial charge in [-0.2, -0.15) is 0 Å². The molecule has 12 unspecified atom stereocenters. The van der Waals surface area contributed by atoms with Crippen LogP contribution in [0.5, 0.6) is 0 Å². The van der Waals surface area contributed by atoms with Gasteiger partial charge >= 0.3 is 5.96 Å². The van der Waals surface area contributed by atoms with Gasteiger partial charge < -0.3 is 50.2 Å². The van der Waals surface area contributed by atoms with E-state index in [0.29, 0.717) is 38.2 Å². The van der Waals surface area contributed by atoms with Gasteiger partial charge in [-0.25, -0.2) is 0 Å². The number of ketones is 2. The number of hydrogen-bond donors (Lipinski definition) is 11. The summed E-state index contributed by atoms with van der Waals surface area (Å²) >= 11 is 0. The first kappa shape index (κ1) is 44.1. The van der Waals surface area contributed by atoms with E-state index in [2.05, 4.69) is 10.3 Å². The van der Waals surface area contributed by atoms with Crippen LogP contribution in [-0.4, -0.2) is 166 Å². The normalized spacial score (nSPS) is 45.8. The van der Waals surface area contributed by atoms with Gasteiger partial charge in [0.1, 0.15) is 41.6 Å². The first-order valence-corrected chi connectivity index (χ1v) is 21.3. The fraction of sp³-hybridized carbons (Fsp3) is 0.825. The molecule has 59 heavy (non-hydrogen) atoms. The highest BCUT2D eigenvalue weighted by Crippen LogP contribution is 2.54. The number of carbonyl (C=O) groups excluding carboxylic acids is 4. The number of hydrogen-bond acceptors (Lipinski definition) is 14. The molecule has 4 aliphatic carbocycles. The number of amides is 2. The predicted molar refractivity (Wildman–Crippen MR) is 203 cm³/mol. The molecule has 3 aliphatic heterocycles. The number of Topliss-reactive ketones (excluding diaryl/α,β-unsaturated/α-hetero) is 2. The molecule has 2 amide bonds. The SMILES string of the molecule is C[NH+]=C(N)N[C@H]1CCCC2CC3C(=O)C4C(CO)C(OC)CC(O[C@H]5O[C@H](CO)[C@](O)(C[C@H](CN6C(=O)C=CC6=O)C6CC[NH2+]C(N)C6)[C@H](O)[C@H]5O)C4C(=O)C3C(O)C21. The van der Waals surface area contributed by atoms with Crippen molar-refractivity contribution in [1.29, 1.82) is 0 Å². The Morgan fingerprint density at radius 2 is 1.73 bits per heavy atom. The number of quaternary nitrogens is 1. The maximum atomic E-state index is 14.9. The Morgan fingerprint density at radius 1 is 1.00 bits per heavy atom. The van der Waals surface area contributed by atoms with Crippen LogP contribution in [0.1, 0.15) is 51.4 Å².